The minimum absolute atomic E-state index is 0.102. The van der Waals surface area contributed by atoms with Crippen molar-refractivity contribution >= 4 is 5.96 Å². The van der Waals surface area contributed by atoms with Crippen LogP contribution in [0, 0.1) is 10.8 Å². The molecule has 64 valence electrons. The molecule has 0 amide bonds. The van der Waals surface area contributed by atoms with E-state index in [1.165, 1.54) is 25.7 Å². The van der Waals surface area contributed by atoms with Crippen molar-refractivity contribution in [1.29, 1.82) is 5.41 Å². The second-order valence-electron chi connectivity index (χ2n) is 3.47. The lowest BCUT2D eigenvalue weighted by Gasteiger charge is -2.41. The van der Waals surface area contributed by atoms with E-state index >= 15 is 0 Å². The first-order chi connectivity index (χ1) is 5.18. The summed E-state index contributed by atoms with van der Waals surface area (Å²) in [6.07, 6.45) is 5.13. The molecule has 1 rings (SSSR count). The standard InChI is InChI=1S/C8H17N3/c1-2-8(4-3-5-8)6-11-7(9)10/h2-6H2,1H3,(H4,9,10,11). The van der Waals surface area contributed by atoms with Crippen molar-refractivity contribution in [3.63, 3.8) is 0 Å². The van der Waals surface area contributed by atoms with E-state index < -0.39 is 0 Å². The number of hydrogen-bond acceptors (Lipinski definition) is 1. The molecule has 0 aromatic rings. The Morgan fingerprint density at radius 1 is 1.64 bits per heavy atom. The molecule has 0 radical (unpaired) electrons. The van der Waals surface area contributed by atoms with Crippen molar-refractivity contribution < 1.29 is 0 Å². The molecular weight excluding hydrogens is 138 g/mol. The average molecular weight is 155 g/mol. The zero-order valence-corrected chi connectivity index (χ0v) is 7.11. The highest BCUT2D eigenvalue weighted by Crippen LogP contribution is 2.42. The van der Waals surface area contributed by atoms with Crippen LogP contribution in [0.3, 0.4) is 0 Å². The quantitative estimate of drug-likeness (QED) is 0.421. The van der Waals surface area contributed by atoms with E-state index in [4.69, 9.17) is 11.1 Å². The van der Waals surface area contributed by atoms with Crippen LogP contribution in [-0.4, -0.2) is 12.5 Å². The van der Waals surface area contributed by atoms with Crippen molar-refractivity contribution in [1.82, 2.24) is 5.32 Å². The van der Waals surface area contributed by atoms with Gasteiger partial charge in [-0.25, -0.2) is 0 Å². The Morgan fingerprint density at radius 3 is 2.55 bits per heavy atom. The molecule has 0 saturated heterocycles. The Hall–Kier alpha value is -0.730. The maximum Gasteiger partial charge on any atom is 0.185 e. The summed E-state index contributed by atoms with van der Waals surface area (Å²) in [6.45, 7) is 3.10. The monoisotopic (exact) mass is 155 g/mol. The summed E-state index contributed by atoms with van der Waals surface area (Å²) in [6, 6.07) is 0. The van der Waals surface area contributed by atoms with Gasteiger partial charge in [0.25, 0.3) is 0 Å². The lowest BCUT2D eigenvalue weighted by Crippen LogP contribution is -2.43. The molecule has 0 unspecified atom stereocenters. The Morgan fingerprint density at radius 2 is 2.27 bits per heavy atom. The smallest absolute Gasteiger partial charge is 0.185 e. The highest BCUT2D eigenvalue weighted by molar-refractivity contribution is 5.74. The van der Waals surface area contributed by atoms with Crippen molar-refractivity contribution in [2.75, 3.05) is 6.54 Å². The van der Waals surface area contributed by atoms with E-state index in [0.29, 0.717) is 5.41 Å². The molecule has 0 aliphatic heterocycles. The van der Waals surface area contributed by atoms with Crippen molar-refractivity contribution in [2.45, 2.75) is 32.6 Å². The van der Waals surface area contributed by atoms with Crippen molar-refractivity contribution in [3.05, 3.63) is 0 Å². The summed E-state index contributed by atoms with van der Waals surface area (Å²) in [4.78, 5) is 0. The number of nitrogens with two attached hydrogens (primary N) is 1. The van der Waals surface area contributed by atoms with E-state index in [1.807, 2.05) is 0 Å². The molecule has 0 heterocycles. The molecule has 1 saturated carbocycles. The normalized spacial score (nSPS) is 20.5. The first kappa shape index (κ1) is 8.37. The summed E-state index contributed by atoms with van der Waals surface area (Å²) in [5, 5.41) is 9.92. The molecule has 0 aromatic heterocycles. The van der Waals surface area contributed by atoms with Crippen molar-refractivity contribution in [3.8, 4) is 0 Å². The molecule has 0 atom stereocenters. The van der Waals surface area contributed by atoms with E-state index in [9.17, 15) is 0 Å². The molecule has 4 N–H and O–H groups in total. The van der Waals surface area contributed by atoms with Crippen LogP contribution in [0.25, 0.3) is 0 Å². The number of rotatable bonds is 3. The Kier molecular flexibility index (Phi) is 2.37. The third-order valence-electron chi connectivity index (χ3n) is 2.82. The molecule has 11 heavy (non-hydrogen) atoms. The minimum atomic E-state index is 0.102. The fourth-order valence-corrected chi connectivity index (χ4v) is 1.61. The lowest BCUT2D eigenvalue weighted by atomic mass is 9.67. The summed E-state index contributed by atoms with van der Waals surface area (Å²) >= 11 is 0. The summed E-state index contributed by atoms with van der Waals surface area (Å²) in [5.74, 6) is 0.102. The highest BCUT2D eigenvalue weighted by atomic mass is 15.0. The van der Waals surface area contributed by atoms with E-state index in [-0.39, 0.29) is 5.96 Å². The van der Waals surface area contributed by atoms with Crippen LogP contribution >= 0.6 is 0 Å². The second-order valence-corrected chi connectivity index (χ2v) is 3.47. The Bertz CT molecular complexity index is 144. The van der Waals surface area contributed by atoms with Gasteiger partial charge < -0.3 is 11.1 Å². The van der Waals surface area contributed by atoms with E-state index in [0.717, 1.165) is 6.54 Å². The molecular formula is C8H17N3. The number of nitrogens with one attached hydrogen (secondary N) is 2. The topological polar surface area (TPSA) is 61.9 Å². The van der Waals surface area contributed by atoms with E-state index in [1.54, 1.807) is 0 Å². The maximum atomic E-state index is 7.02. The van der Waals surface area contributed by atoms with Gasteiger partial charge in [-0.3, -0.25) is 5.41 Å². The van der Waals surface area contributed by atoms with Gasteiger partial charge in [-0.15, -0.1) is 0 Å². The van der Waals surface area contributed by atoms with Crippen LogP contribution in [0.15, 0.2) is 0 Å². The van der Waals surface area contributed by atoms with Gasteiger partial charge in [0.05, 0.1) is 0 Å². The fraction of sp³-hybridized carbons (Fsp3) is 0.875. The molecule has 3 heteroatoms. The van der Waals surface area contributed by atoms with Crippen LogP contribution in [0.4, 0.5) is 0 Å². The van der Waals surface area contributed by atoms with Gasteiger partial charge in [0, 0.05) is 6.54 Å². The summed E-state index contributed by atoms with van der Waals surface area (Å²) in [5.41, 5.74) is 5.67. The van der Waals surface area contributed by atoms with Gasteiger partial charge in [0.2, 0.25) is 0 Å². The summed E-state index contributed by atoms with van der Waals surface area (Å²) < 4.78 is 0. The van der Waals surface area contributed by atoms with Crippen LogP contribution in [0.2, 0.25) is 0 Å². The zero-order chi connectivity index (χ0) is 8.32. The number of guanidine groups is 1. The second kappa shape index (κ2) is 3.11. The number of hydrogen-bond donors (Lipinski definition) is 3. The predicted molar refractivity (Wildman–Crippen MR) is 46.5 cm³/mol. The van der Waals surface area contributed by atoms with Crippen LogP contribution in [-0.2, 0) is 0 Å². The zero-order valence-electron chi connectivity index (χ0n) is 7.11. The van der Waals surface area contributed by atoms with Gasteiger partial charge in [-0.05, 0) is 24.7 Å². The van der Waals surface area contributed by atoms with Gasteiger partial charge in [-0.1, -0.05) is 13.3 Å². The van der Waals surface area contributed by atoms with Gasteiger partial charge in [0.15, 0.2) is 5.96 Å². The molecule has 1 aliphatic carbocycles. The van der Waals surface area contributed by atoms with Crippen molar-refractivity contribution in [2.24, 2.45) is 11.1 Å². The van der Waals surface area contributed by atoms with Gasteiger partial charge >= 0.3 is 0 Å². The van der Waals surface area contributed by atoms with Crippen LogP contribution in [0.1, 0.15) is 32.6 Å². The minimum Gasteiger partial charge on any atom is -0.370 e. The predicted octanol–water partition coefficient (Wildman–Crippen LogP) is 1.05. The Balaban J connectivity index is 2.27. The van der Waals surface area contributed by atoms with Gasteiger partial charge in [0.1, 0.15) is 0 Å². The average Bonchev–Trinajstić information content (AvgIpc) is 1.86. The lowest BCUT2D eigenvalue weighted by molar-refractivity contribution is 0.131. The molecule has 0 bridgehead atoms. The largest absolute Gasteiger partial charge is 0.370 e. The maximum absolute atomic E-state index is 7.02. The first-order valence-electron chi connectivity index (χ1n) is 4.26. The molecule has 0 spiro atoms. The molecule has 0 aromatic carbocycles. The van der Waals surface area contributed by atoms with Crippen LogP contribution < -0.4 is 11.1 Å². The molecule has 1 aliphatic rings. The third kappa shape index (κ3) is 1.85. The molecule has 1 fully saturated rings. The van der Waals surface area contributed by atoms with Crippen LogP contribution in [0.5, 0.6) is 0 Å². The summed E-state index contributed by atoms with van der Waals surface area (Å²) in [7, 11) is 0. The Labute approximate surface area is 67.9 Å². The first-order valence-corrected chi connectivity index (χ1v) is 4.26. The third-order valence-corrected chi connectivity index (χ3v) is 2.82. The molecule has 3 nitrogen and oxygen atoms in total. The fourth-order valence-electron chi connectivity index (χ4n) is 1.61. The highest BCUT2D eigenvalue weighted by Gasteiger charge is 2.34. The SMILES string of the molecule is CCC1(CNC(=N)N)CCC1. The van der Waals surface area contributed by atoms with Gasteiger partial charge in [-0.2, -0.15) is 0 Å². The van der Waals surface area contributed by atoms with E-state index in [2.05, 4.69) is 12.2 Å².